The Morgan fingerprint density at radius 2 is 2.00 bits per heavy atom. The van der Waals surface area contributed by atoms with E-state index in [1.54, 1.807) is 6.20 Å². The second-order valence-electron chi connectivity index (χ2n) is 3.17. The van der Waals surface area contributed by atoms with Gasteiger partial charge in [0.2, 0.25) is 0 Å². The molecule has 0 saturated heterocycles. The fourth-order valence-electron chi connectivity index (χ4n) is 1.18. The lowest BCUT2D eigenvalue weighted by Crippen LogP contribution is -2.00. The summed E-state index contributed by atoms with van der Waals surface area (Å²) in [5.74, 6) is 0. The normalized spacial score (nSPS) is 9.44. The SMILES string of the molecule is CNC.O=c1[nH][nH]cc1-c1cccc(Br)c1. The molecular formula is C11H14BrN3O. The van der Waals surface area contributed by atoms with Crippen LogP contribution in [0.1, 0.15) is 0 Å². The summed E-state index contributed by atoms with van der Waals surface area (Å²) < 4.78 is 0.964. The molecular weight excluding hydrogens is 270 g/mol. The average Bonchev–Trinajstić information content (AvgIpc) is 2.65. The number of aromatic nitrogens is 2. The maximum absolute atomic E-state index is 11.2. The summed E-state index contributed by atoms with van der Waals surface area (Å²) in [6, 6.07) is 7.61. The maximum Gasteiger partial charge on any atom is 0.271 e. The summed E-state index contributed by atoms with van der Waals surface area (Å²) in [5, 5.41) is 7.90. The van der Waals surface area contributed by atoms with Gasteiger partial charge in [-0.3, -0.25) is 9.89 Å². The zero-order valence-electron chi connectivity index (χ0n) is 9.17. The molecule has 2 aromatic rings. The van der Waals surface area contributed by atoms with E-state index in [4.69, 9.17) is 0 Å². The molecule has 4 nitrogen and oxygen atoms in total. The number of hydrogen-bond acceptors (Lipinski definition) is 2. The monoisotopic (exact) mass is 283 g/mol. The third-order valence-corrected chi connectivity index (χ3v) is 2.28. The van der Waals surface area contributed by atoms with Gasteiger partial charge in [-0.05, 0) is 31.8 Å². The first kappa shape index (κ1) is 12.7. The number of H-pyrrole nitrogens is 2. The minimum Gasteiger partial charge on any atom is -0.323 e. The van der Waals surface area contributed by atoms with Crippen molar-refractivity contribution in [2.45, 2.75) is 0 Å². The first-order valence-electron chi connectivity index (χ1n) is 4.79. The average molecular weight is 284 g/mol. The second kappa shape index (κ2) is 6.30. The Kier molecular flexibility index (Phi) is 5.01. The van der Waals surface area contributed by atoms with Crippen molar-refractivity contribution < 1.29 is 0 Å². The summed E-state index contributed by atoms with van der Waals surface area (Å²) in [6.45, 7) is 0. The quantitative estimate of drug-likeness (QED) is 0.749. The highest BCUT2D eigenvalue weighted by Gasteiger charge is 2.02. The zero-order chi connectivity index (χ0) is 12.0. The van der Waals surface area contributed by atoms with E-state index in [0.717, 1.165) is 10.0 Å². The number of nitrogens with one attached hydrogen (secondary N) is 3. The van der Waals surface area contributed by atoms with E-state index in [1.165, 1.54) is 0 Å². The molecule has 0 aliphatic carbocycles. The van der Waals surface area contributed by atoms with Crippen molar-refractivity contribution in [3.05, 3.63) is 45.3 Å². The number of halogens is 1. The molecule has 0 atom stereocenters. The van der Waals surface area contributed by atoms with Gasteiger partial charge in [-0.1, -0.05) is 28.1 Å². The molecule has 0 radical (unpaired) electrons. The third kappa shape index (κ3) is 3.36. The van der Waals surface area contributed by atoms with Gasteiger partial charge in [0.05, 0.1) is 5.56 Å². The Balaban J connectivity index is 0.000000386. The molecule has 86 valence electrons. The molecule has 0 fully saturated rings. The van der Waals surface area contributed by atoms with E-state index >= 15 is 0 Å². The van der Waals surface area contributed by atoms with Crippen molar-refractivity contribution in [2.75, 3.05) is 14.1 Å². The molecule has 0 amide bonds. The van der Waals surface area contributed by atoms with Crippen LogP contribution < -0.4 is 10.9 Å². The predicted molar refractivity (Wildman–Crippen MR) is 69.5 cm³/mol. The minimum atomic E-state index is -0.0990. The zero-order valence-corrected chi connectivity index (χ0v) is 10.8. The summed E-state index contributed by atoms with van der Waals surface area (Å²) >= 11 is 3.35. The van der Waals surface area contributed by atoms with Gasteiger partial charge >= 0.3 is 0 Å². The molecule has 0 unspecified atom stereocenters. The first-order chi connectivity index (χ1) is 7.69. The molecule has 0 aliphatic rings. The van der Waals surface area contributed by atoms with Crippen LogP contribution in [-0.2, 0) is 0 Å². The lowest BCUT2D eigenvalue weighted by atomic mass is 10.1. The molecule has 0 saturated carbocycles. The summed E-state index contributed by atoms with van der Waals surface area (Å²) in [7, 11) is 3.75. The van der Waals surface area contributed by atoms with Gasteiger partial charge in [-0.2, -0.15) is 0 Å². The van der Waals surface area contributed by atoms with Crippen LogP contribution in [0.5, 0.6) is 0 Å². The molecule has 1 aromatic heterocycles. The number of benzene rings is 1. The van der Waals surface area contributed by atoms with Crippen molar-refractivity contribution in [2.24, 2.45) is 0 Å². The van der Waals surface area contributed by atoms with E-state index in [0.29, 0.717) is 5.56 Å². The third-order valence-electron chi connectivity index (χ3n) is 1.78. The van der Waals surface area contributed by atoms with E-state index in [9.17, 15) is 4.79 Å². The summed E-state index contributed by atoms with van der Waals surface area (Å²) in [4.78, 5) is 11.2. The van der Waals surface area contributed by atoms with E-state index in [-0.39, 0.29) is 5.56 Å². The molecule has 3 N–H and O–H groups in total. The standard InChI is InChI=1S/C9H7BrN2O.C2H7N/c10-7-3-1-2-6(4-7)8-5-11-12-9(8)13;1-3-2/h1-5H,(H2,11,12,13);3H,1-2H3. The Hall–Kier alpha value is -1.33. The molecule has 5 heteroatoms. The maximum atomic E-state index is 11.2. The van der Waals surface area contributed by atoms with Crippen molar-refractivity contribution in [1.29, 1.82) is 0 Å². The smallest absolute Gasteiger partial charge is 0.271 e. The van der Waals surface area contributed by atoms with E-state index < -0.39 is 0 Å². The van der Waals surface area contributed by atoms with Crippen LogP contribution in [0.2, 0.25) is 0 Å². The van der Waals surface area contributed by atoms with Crippen LogP contribution in [0, 0.1) is 0 Å². The van der Waals surface area contributed by atoms with Gasteiger partial charge in [0.15, 0.2) is 0 Å². The lowest BCUT2D eigenvalue weighted by molar-refractivity contribution is 1.02. The van der Waals surface area contributed by atoms with Crippen LogP contribution in [0.25, 0.3) is 11.1 Å². The van der Waals surface area contributed by atoms with Gasteiger partial charge in [0.1, 0.15) is 0 Å². The fourth-order valence-corrected chi connectivity index (χ4v) is 1.58. The molecule has 2 rings (SSSR count). The van der Waals surface area contributed by atoms with Crippen molar-refractivity contribution in [3.63, 3.8) is 0 Å². The van der Waals surface area contributed by atoms with Gasteiger partial charge in [-0.15, -0.1) is 0 Å². The van der Waals surface area contributed by atoms with Gasteiger partial charge in [0, 0.05) is 10.7 Å². The van der Waals surface area contributed by atoms with Crippen LogP contribution in [0.3, 0.4) is 0 Å². The lowest BCUT2D eigenvalue weighted by Gasteiger charge is -1.95. The Morgan fingerprint density at radius 3 is 2.50 bits per heavy atom. The fraction of sp³-hybridized carbons (Fsp3) is 0.182. The van der Waals surface area contributed by atoms with E-state index in [2.05, 4.69) is 31.4 Å². The summed E-state index contributed by atoms with van der Waals surface area (Å²) in [6.07, 6.45) is 1.66. The van der Waals surface area contributed by atoms with Crippen LogP contribution >= 0.6 is 15.9 Å². The molecule has 0 bridgehead atoms. The summed E-state index contributed by atoms with van der Waals surface area (Å²) in [5.41, 5.74) is 1.45. The van der Waals surface area contributed by atoms with Crippen LogP contribution in [0.4, 0.5) is 0 Å². The predicted octanol–water partition coefficient (Wildman–Crippen LogP) is 1.97. The van der Waals surface area contributed by atoms with Crippen LogP contribution in [0.15, 0.2) is 39.7 Å². The van der Waals surface area contributed by atoms with Crippen molar-refractivity contribution >= 4 is 15.9 Å². The highest BCUT2D eigenvalue weighted by Crippen LogP contribution is 2.19. The molecule has 0 aliphatic heterocycles. The molecule has 0 spiro atoms. The molecule has 1 heterocycles. The Bertz CT molecular complexity index is 490. The minimum absolute atomic E-state index is 0.0990. The van der Waals surface area contributed by atoms with E-state index in [1.807, 2.05) is 38.4 Å². The number of hydrogen-bond donors (Lipinski definition) is 3. The molecule has 1 aromatic carbocycles. The topological polar surface area (TPSA) is 60.7 Å². The van der Waals surface area contributed by atoms with Gasteiger partial charge < -0.3 is 10.4 Å². The number of aromatic amines is 2. The van der Waals surface area contributed by atoms with Gasteiger partial charge in [0.25, 0.3) is 5.56 Å². The highest BCUT2D eigenvalue weighted by atomic mass is 79.9. The highest BCUT2D eigenvalue weighted by molar-refractivity contribution is 9.10. The second-order valence-corrected chi connectivity index (χ2v) is 4.08. The largest absolute Gasteiger partial charge is 0.323 e. The Labute approximate surface area is 102 Å². The van der Waals surface area contributed by atoms with Crippen LogP contribution in [-0.4, -0.2) is 24.3 Å². The van der Waals surface area contributed by atoms with Crippen molar-refractivity contribution in [3.8, 4) is 11.1 Å². The van der Waals surface area contributed by atoms with Crippen molar-refractivity contribution in [1.82, 2.24) is 15.5 Å². The number of rotatable bonds is 1. The first-order valence-corrected chi connectivity index (χ1v) is 5.58. The Morgan fingerprint density at radius 1 is 1.31 bits per heavy atom. The van der Waals surface area contributed by atoms with Gasteiger partial charge in [-0.25, -0.2) is 0 Å². The molecule has 16 heavy (non-hydrogen) atoms.